The SMILES string of the molecule is C=C(COC(=O)Nc1ccc(Cl)c(Cl)c1)COC(=O)Nc1ccc(Cl)c(Cl)c1. The Morgan fingerprint density at radius 3 is 1.50 bits per heavy atom. The van der Waals surface area contributed by atoms with Crippen LogP contribution in [0.4, 0.5) is 21.0 Å². The lowest BCUT2D eigenvalue weighted by Gasteiger charge is -2.11. The molecule has 0 bridgehead atoms. The predicted octanol–water partition coefficient (Wildman–Crippen LogP) is 6.65. The van der Waals surface area contributed by atoms with Crippen LogP contribution in [0, 0.1) is 0 Å². The van der Waals surface area contributed by atoms with E-state index >= 15 is 0 Å². The minimum atomic E-state index is -0.722. The van der Waals surface area contributed by atoms with Crippen LogP contribution in [0.5, 0.6) is 0 Å². The maximum atomic E-state index is 11.8. The Kier molecular flexibility index (Phi) is 8.26. The fourth-order valence-corrected chi connectivity index (χ4v) is 2.43. The molecule has 0 saturated heterocycles. The van der Waals surface area contributed by atoms with Crippen LogP contribution in [-0.4, -0.2) is 25.4 Å². The normalized spacial score (nSPS) is 10.1. The first-order chi connectivity index (χ1) is 13.2. The molecule has 6 nitrogen and oxygen atoms in total. The minimum Gasteiger partial charge on any atom is -0.445 e. The number of halogens is 4. The van der Waals surface area contributed by atoms with Gasteiger partial charge in [0.1, 0.15) is 13.2 Å². The van der Waals surface area contributed by atoms with Crippen LogP contribution in [0.2, 0.25) is 20.1 Å². The van der Waals surface area contributed by atoms with E-state index in [2.05, 4.69) is 17.2 Å². The van der Waals surface area contributed by atoms with Crippen molar-refractivity contribution in [1.29, 1.82) is 0 Å². The molecule has 0 atom stereocenters. The number of anilines is 2. The van der Waals surface area contributed by atoms with Crippen molar-refractivity contribution >= 4 is 70.0 Å². The first kappa shape index (κ1) is 22.2. The standard InChI is InChI=1S/C18H14Cl4N2O4/c1-10(8-27-17(25)23-11-2-4-13(19)15(21)6-11)9-28-18(26)24-12-3-5-14(20)16(22)7-12/h2-7H,1,8-9H2,(H,23,25)(H,24,26). The Labute approximate surface area is 181 Å². The van der Waals surface area contributed by atoms with Crippen molar-refractivity contribution in [3.63, 3.8) is 0 Å². The molecule has 2 aromatic carbocycles. The van der Waals surface area contributed by atoms with Gasteiger partial charge in [0.2, 0.25) is 0 Å². The zero-order chi connectivity index (χ0) is 20.7. The number of carbonyl (C=O) groups excluding carboxylic acids is 2. The third kappa shape index (κ3) is 7.13. The van der Waals surface area contributed by atoms with Gasteiger partial charge in [-0.25, -0.2) is 9.59 Å². The lowest BCUT2D eigenvalue weighted by Crippen LogP contribution is -2.19. The molecule has 2 aromatic rings. The van der Waals surface area contributed by atoms with E-state index in [1.165, 1.54) is 12.1 Å². The molecule has 0 radical (unpaired) electrons. The summed E-state index contributed by atoms with van der Waals surface area (Å²) in [5.41, 5.74) is 1.21. The van der Waals surface area contributed by atoms with Gasteiger partial charge in [0, 0.05) is 11.4 Å². The van der Waals surface area contributed by atoms with Crippen molar-refractivity contribution in [2.75, 3.05) is 23.8 Å². The number of nitrogens with one attached hydrogen (secondary N) is 2. The van der Waals surface area contributed by atoms with Crippen LogP contribution in [0.1, 0.15) is 0 Å². The molecule has 0 heterocycles. The molecule has 0 aliphatic rings. The van der Waals surface area contributed by atoms with Gasteiger partial charge >= 0.3 is 12.2 Å². The quantitative estimate of drug-likeness (QED) is 0.470. The van der Waals surface area contributed by atoms with Crippen molar-refractivity contribution in [2.24, 2.45) is 0 Å². The number of carbonyl (C=O) groups is 2. The van der Waals surface area contributed by atoms with Gasteiger partial charge < -0.3 is 9.47 Å². The van der Waals surface area contributed by atoms with Gasteiger partial charge in [0.15, 0.2) is 0 Å². The van der Waals surface area contributed by atoms with Crippen LogP contribution in [0.3, 0.4) is 0 Å². The molecule has 2 amide bonds. The van der Waals surface area contributed by atoms with Gasteiger partial charge in [0.05, 0.1) is 20.1 Å². The van der Waals surface area contributed by atoms with Crippen molar-refractivity contribution in [3.8, 4) is 0 Å². The summed E-state index contributed by atoms with van der Waals surface area (Å²) in [5.74, 6) is 0. The summed E-state index contributed by atoms with van der Waals surface area (Å²) in [7, 11) is 0. The molecule has 10 heteroatoms. The van der Waals surface area contributed by atoms with Gasteiger partial charge in [-0.15, -0.1) is 0 Å². The van der Waals surface area contributed by atoms with E-state index in [0.717, 1.165) is 0 Å². The number of hydrogen-bond acceptors (Lipinski definition) is 4. The fraction of sp³-hybridized carbons (Fsp3) is 0.111. The van der Waals surface area contributed by atoms with E-state index in [1.807, 2.05) is 0 Å². The molecule has 28 heavy (non-hydrogen) atoms. The average Bonchev–Trinajstić information content (AvgIpc) is 2.64. The summed E-state index contributed by atoms with van der Waals surface area (Å²) in [5, 5.41) is 6.29. The number of rotatable bonds is 6. The first-order valence-corrected chi connectivity index (χ1v) is 9.20. The van der Waals surface area contributed by atoms with Crippen molar-refractivity contribution in [3.05, 3.63) is 68.6 Å². The Hall–Kier alpha value is -2.12. The molecular formula is C18H14Cl4N2O4. The molecule has 2 N–H and O–H groups in total. The van der Waals surface area contributed by atoms with Crippen molar-refractivity contribution in [1.82, 2.24) is 0 Å². The molecule has 0 spiro atoms. The lowest BCUT2D eigenvalue weighted by molar-refractivity contribution is 0.155. The van der Waals surface area contributed by atoms with E-state index in [1.54, 1.807) is 24.3 Å². The Balaban J connectivity index is 1.71. The van der Waals surface area contributed by atoms with Crippen molar-refractivity contribution < 1.29 is 19.1 Å². The highest BCUT2D eigenvalue weighted by Gasteiger charge is 2.09. The first-order valence-electron chi connectivity index (χ1n) is 7.69. The van der Waals surface area contributed by atoms with Crippen LogP contribution in [0.15, 0.2) is 48.6 Å². The van der Waals surface area contributed by atoms with Gasteiger partial charge in [-0.2, -0.15) is 0 Å². The van der Waals surface area contributed by atoms with Crippen molar-refractivity contribution in [2.45, 2.75) is 0 Å². The zero-order valence-electron chi connectivity index (χ0n) is 14.2. The molecule has 0 aromatic heterocycles. The van der Waals surface area contributed by atoms with E-state index < -0.39 is 12.2 Å². The maximum Gasteiger partial charge on any atom is 0.411 e. The summed E-state index contributed by atoms with van der Waals surface area (Å²) >= 11 is 23.3. The topological polar surface area (TPSA) is 76.7 Å². The third-order valence-corrected chi connectivity index (χ3v) is 4.62. The Bertz CT molecular complexity index is 834. The Morgan fingerprint density at radius 1 is 0.750 bits per heavy atom. The van der Waals surface area contributed by atoms with E-state index in [0.29, 0.717) is 37.0 Å². The highest BCUT2D eigenvalue weighted by atomic mass is 35.5. The number of benzene rings is 2. The summed E-state index contributed by atoms with van der Waals surface area (Å²) < 4.78 is 9.98. The second-order valence-electron chi connectivity index (χ2n) is 5.41. The van der Waals surface area contributed by atoms with Crippen LogP contribution < -0.4 is 10.6 Å². The number of hydrogen-bond donors (Lipinski definition) is 2. The van der Waals surface area contributed by atoms with E-state index in [-0.39, 0.29) is 13.2 Å². The molecule has 0 unspecified atom stereocenters. The smallest absolute Gasteiger partial charge is 0.411 e. The monoisotopic (exact) mass is 462 g/mol. The summed E-state index contributed by atoms with van der Waals surface area (Å²) in [6.07, 6.45) is -1.44. The third-order valence-electron chi connectivity index (χ3n) is 3.15. The summed E-state index contributed by atoms with van der Waals surface area (Å²) in [6, 6.07) is 9.19. The number of ether oxygens (including phenoxy) is 2. The van der Waals surface area contributed by atoms with Gasteiger partial charge in [0.25, 0.3) is 0 Å². The maximum absolute atomic E-state index is 11.8. The summed E-state index contributed by atoms with van der Waals surface area (Å²) in [4.78, 5) is 23.5. The van der Waals surface area contributed by atoms with E-state index in [4.69, 9.17) is 55.9 Å². The molecule has 2 rings (SSSR count). The second-order valence-corrected chi connectivity index (χ2v) is 7.04. The van der Waals surface area contributed by atoms with Crippen LogP contribution in [-0.2, 0) is 9.47 Å². The summed E-state index contributed by atoms with van der Waals surface area (Å²) in [6.45, 7) is 3.39. The van der Waals surface area contributed by atoms with Crippen LogP contribution >= 0.6 is 46.4 Å². The van der Waals surface area contributed by atoms with Gasteiger partial charge in [-0.3, -0.25) is 10.6 Å². The van der Waals surface area contributed by atoms with Gasteiger partial charge in [-0.1, -0.05) is 53.0 Å². The fourth-order valence-electron chi connectivity index (χ4n) is 1.83. The minimum absolute atomic E-state index is 0.146. The average molecular weight is 464 g/mol. The predicted molar refractivity (Wildman–Crippen MR) is 112 cm³/mol. The second kappa shape index (κ2) is 10.4. The van der Waals surface area contributed by atoms with E-state index in [9.17, 15) is 9.59 Å². The zero-order valence-corrected chi connectivity index (χ0v) is 17.3. The molecular weight excluding hydrogens is 450 g/mol. The molecule has 0 aliphatic carbocycles. The highest BCUT2D eigenvalue weighted by Crippen LogP contribution is 2.26. The van der Waals surface area contributed by atoms with Crippen LogP contribution in [0.25, 0.3) is 0 Å². The highest BCUT2D eigenvalue weighted by molar-refractivity contribution is 6.42. The molecule has 148 valence electrons. The molecule has 0 fully saturated rings. The van der Waals surface area contributed by atoms with Gasteiger partial charge in [-0.05, 0) is 42.0 Å². The Morgan fingerprint density at radius 2 is 1.14 bits per heavy atom. The molecule has 0 saturated carbocycles. The number of amides is 2. The largest absolute Gasteiger partial charge is 0.445 e. The molecule has 0 aliphatic heterocycles. The lowest BCUT2D eigenvalue weighted by atomic mass is 10.3.